The first kappa shape index (κ1) is 18.4. The van der Waals surface area contributed by atoms with E-state index < -0.39 is 4.92 Å². The number of fused-ring (bicyclic) bond motifs is 1. The second-order valence-electron chi connectivity index (χ2n) is 6.86. The van der Waals surface area contributed by atoms with Gasteiger partial charge in [0.25, 0.3) is 0 Å². The summed E-state index contributed by atoms with van der Waals surface area (Å²) >= 11 is 0. The van der Waals surface area contributed by atoms with E-state index in [9.17, 15) is 10.1 Å². The van der Waals surface area contributed by atoms with E-state index in [1.807, 2.05) is 30.5 Å². The van der Waals surface area contributed by atoms with Crippen molar-refractivity contribution >= 4 is 11.3 Å². The minimum absolute atomic E-state index is 0.0537. The van der Waals surface area contributed by atoms with Crippen molar-refractivity contribution in [3.8, 4) is 17.0 Å². The molecule has 0 atom stereocenters. The van der Waals surface area contributed by atoms with Crippen LogP contribution in [0.25, 0.3) is 16.9 Å². The van der Waals surface area contributed by atoms with E-state index in [-0.39, 0.29) is 11.4 Å². The Labute approximate surface area is 162 Å². The first-order valence-electron chi connectivity index (χ1n) is 9.39. The lowest BCUT2D eigenvalue weighted by Gasteiger charge is -2.20. The third-order valence-corrected chi connectivity index (χ3v) is 5.08. The van der Waals surface area contributed by atoms with Gasteiger partial charge in [0.15, 0.2) is 5.75 Å². The molecule has 3 heterocycles. The van der Waals surface area contributed by atoms with Crippen molar-refractivity contribution in [2.24, 2.45) is 0 Å². The van der Waals surface area contributed by atoms with Crippen LogP contribution < -0.4 is 10.1 Å². The molecule has 0 aliphatic carbocycles. The Morgan fingerprint density at radius 2 is 2.14 bits per heavy atom. The first-order valence-corrected chi connectivity index (χ1v) is 9.39. The zero-order chi connectivity index (χ0) is 19.5. The molecule has 0 amide bonds. The molecule has 1 saturated heterocycles. The molecule has 1 aliphatic heterocycles. The predicted molar refractivity (Wildman–Crippen MR) is 107 cm³/mol. The highest BCUT2D eigenvalue weighted by Gasteiger charge is 2.21. The van der Waals surface area contributed by atoms with Crippen LogP contribution in [-0.2, 0) is 6.54 Å². The smallest absolute Gasteiger partial charge is 0.311 e. The molecule has 1 aliphatic rings. The number of benzene rings is 1. The highest BCUT2D eigenvalue weighted by molar-refractivity contribution is 5.70. The summed E-state index contributed by atoms with van der Waals surface area (Å²) in [6.45, 7) is 4.70. The monoisotopic (exact) mass is 381 g/mol. The molecule has 3 aromatic rings. The lowest BCUT2D eigenvalue weighted by atomic mass is 10.1. The molecule has 1 fully saturated rings. The molecule has 4 rings (SSSR count). The van der Waals surface area contributed by atoms with Crippen LogP contribution in [0.4, 0.5) is 5.69 Å². The lowest BCUT2D eigenvalue weighted by Crippen LogP contribution is -2.28. The van der Waals surface area contributed by atoms with E-state index in [0.717, 1.165) is 61.7 Å². The van der Waals surface area contributed by atoms with E-state index in [2.05, 4.69) is 14.6 Å². The van der Waals surface area contributed by atoms with Gasteiger partial charge in [0, 0.05) is 37.5 Å². The van der Waals surface area contributed by atoms with Gasteiger partial charge in [-0.1, -0.05) is 6.07 Å². The summed E-state index contributed by atoms with van der Waals surface area (Å²) in [5.41, 5.74) is 3.31. The normalized spacial score (nSPS) is 15.5. The molecule has 0 radical (unpaired) electrons. The SMILES string of the molecule is COc1ccc(-c2nc3ccccn3c2CN2CCCNCC2)cc1[N+](=O)[O-]. The van der Waals surface area contributed by atoms with Gasteiger partial charge in [-0.15, -0.1) is 0 Å². The number of rotatable bonds is 5. The van der Waals surface area contributed by atoms with Gasteiger partial charge < -0.3 is 14.5 Å². The van der Waals surface area contributed by atoms with Crippen molar-refractivity contribution in [2.75, 3.05) is 33.3 Å². The number of methoxy groups -OCH3 is 1. The largest absolute Gasteiger partial charge is 0.490 e. The Balaban J connectivity index is 1.80. The Kier molecular flexibility index (Phi) is 5.23. The number of imidazole rings is 1. The fourth-order valence-electron chi connectivity index (χ4n) is 3.68. The zero-order valence-corrected chi connectivity index (χ0v) is 15.8. The van der Waals surface area contributed by atoms with Gasteiger partial charge in [-0.05, 0) is 43.8 Å². The predicted octanol–water partition coefficient (Wildman–Crippen LogP) is 2.71. The maximum absolute atomic E-state index is 11.5. The number of hydrogen-bond acceptors (Lipinski definition) is 6. The molecule has 0 saturated carbocycles. The maximum Gasteiger partial charge on any atom is 0.311 e. The summed E-state index contributed by atoms with van der Waals surface area (Å²) in [6, 6.07) is 10.9. The standard InChI is InChI=1S/C20H23N5O3/c1-28-18-7-6-15(13-16(18)25(26)27)20-17(14-23-10-4-8-21-9-12-23)24-11-3-2-5-19(24)22-20/h2-3,5-7,11,13,21H,4,8-10,12,14H2,1H3. The molecule has 8 heteroatoms. The molecular weight excluding hydrogens is 358 g/mol. The van der Waals surface area contributed by atoms with Gasteiger partial charge in [-0.25, -0.2) is 4.98 Å². The van der Waals surface area contributed by atoms with Crippen LogP contribution in [-0.4, -0.2) is 52.5 Å². The van der Waals surface area contributed by atoms with Crippen LogP contribution in [0.5, 0.6) is 5.75 Å². The van der Waals surface area contributed by atoms with Crippen LogP contribution in [0.1, 0.15) is 12.1 Å². The highest BCUT2D eigenvalue weighted by atomic mass is 16.6. The fraction of sp³-hybridized carbons (Fsp3) is 0.350. The Hall–Kier alpha value is -2.97. The average Bonchev–Trinajstić information content (AvgIpc) is 2.88. The van der Waals surface area contributed by atoms with Crippen LogP contribution in [0.2, 0.25) is 0 Å². The third-order valence-electron chi connectivity index (χ3n) is 5.08. The number of nitrogens with zero attached hydrogens (tertiary/aromatic N) is 4. The van der Waals surface area contributed by atoms with E-state index in [1.165, 1.54) is 7.11 Å². The van der Waals surface area contributed by atoms with Gasteiger partial charge in [-0.3, -0.25) is 15.0 Å². The summed E-state index contributed by atoms with van der Waals surface area (Å²) in [6.07, 6.45) is 3.09. The Bertz CT molecular complexity index is 993. The maximum atomic E-state index is 11.5. The van der Waals surface area contributed by atoms with Crippen molar-refractivity contribution in [3.05, 3.63) is 58.4 Å². The van der Waals surface area contributed by atoms with Crippen molar-refractivity contribution in [2.45, 2.75) is 13.0 Å². The van der Waals surface area contributed by atoms with Gasteiger partial charge in [-0.2, -0.15) is 0 Å². The molecular formula is C20H23N5O3. The summed E-state index contributed by atoms with van der Waals surface area (Å²) in [5.74, 6) is 0.248. The number of nitro groups is 1. The molecule has 2 aromatic heterocycles. The van der Waals surface area contributed by atoms with E-state index in [4.69, 9.17) is 9.72 Å². The van der Waals surface area contributed by atoms with Crippen LogP contribution in [0, 0.1) is 10.1 Å². The summed E-state index contributed by atoms with van der Waals surface area (Å²) in [5, 5.41) is 14.9. The lowest BCUT2D eigenvalue weighted by molar-refractivity contribution is -0.385. The minimum atomic E-state index is -0.418. The third kappa shape index (κ3) is 3.56. The topological polar surface area (TPSA) is 84.9 Å². The molecule has 1 aromatic carbocycles. The molecule has 8 nitrogen and oxygen atoms in total. The zero-order valence-electron chi connectivity index (χ0n) is 15.8. The number of ether oxygens (including phenoxy) is 1. The molecule has 0 spiro atoms. The van der Waals surface area contributed by atoms with E-state index in [1.54, 1.807) is 12.1 Å². The van der Waals surface area contributed by atoms with E-state index in [0.29, 0.717) is 0 Å². The molecule has 146 valence electrons. The number of nitro benzene ring substituents is 1. The second kappa shape index (κ2) is 7.95. The molecule has 1 N–H and O–H groups in total. The minimum Gasteiger partial charge on any atom is -0.490 e. The van der Waals surface area contributed by atoms with Crippen LogP contribution in [0.15, 0.2) is 42.6 Å². The number of pyridine rings is 1. The molecule has 0 bridgehead atoms. The van der Waals surface area contributed by atoms with Crippen LogP contribution in [0.3, 0.4) is 0 Å². The van der Waals surface area contributed by atoms with Crippen molar-refractivity contribution in [1.82, 2.24) is 19.6 Å². The number of nitrogens with one attached hydrogen (secondary N) is 1. The molecule has 28 heavy (non-hydrogen) atoms. The fourth-order valence-corrected chi connectivity index (χ4v) is 3.68. The van der Waals surface area contributed by atoms with Gasteiger partial charge in [0.05, 0.1) is 23.4 Å². The van der Waals surface area contributed by atoms with Crippen LogP contribution >= 0.6 is 0 Å². The first-order chi connectivity index (χ1) is 13.7. The van der Waals surface area contributed by atoms with E-state index >= 15 is 0 Å². The van der Waals surface area contributed by atoms with Gasteiger partial charge in [0.1, 0.15) is 5.65 Å². The Morgan fingerprint density at radius 1 is 1.25 bits per heavy atom. The Morgan fingerprint density at radius 3 is 2.96 bits per heavy atom. The summed E-state index contributed by atoms with van der Waals surface area (Å²) < 4.78 is 7.21. The number of aromatic nitrogens is 2. The second-order valence-corrected chi connectivity index (χ2v) is 6.86. The van der Waals surface area contributed by atoms with Gasteiger partial charge in [0.2, 0.25) is 0 Å². The quantitative estimate of drug-likeness (QED) is 0.540. The summed E-state index contributed by atoms with van der Waals surface area (Å²) in [4.78, 5) is 18.2. The van der Waals surface area contributed by atoms with Crippen molar-refractivity contribution in [1.29, 1.82) is 0 Å². The summed E-state index contributed by atoms with van der Waals surface area (Å²) in [7, 11) is 1.44. The molecule has 0 unspecified atom stereocenters. The van der Waals surface area contributed by atoms with Crippen molar-refractivity contribution in [3.63, 3.8) is 0 Å². The highest BCUT2D eigenvalue weighted by Crippen LogP contribution is 2.34. The van der Waals surface area contributed by atoms with Crippen molar-refractivity contribution < 1.29 is 9.66 Å². The van der Waals surface area contributed by atoms with Gasteiger partial charge >= 0.3 is 5.69 Å². The number of hydrogen-bond donors (Lipinski definition) is 1. The average molecular weight is 381 g/mol.